The average molecular weight is 391 g/mol. The molecule has 0 bridgehead atoms. The van der Waals surface area contributed by atoms with Crippen molar-refractivity contribution in [1.82, 2.24) is 9.21 Å². The van der Waals surface area contributed by atoms with Gasteiger partial charge in [-0.1, -0.05) is 48.5 Å². The second-order valence-corrected chi connectivity index (χ2v) is 9.08. The summed E-state index contributed by atoms with van der Waals surface area (Å²) in [7, 11) is -3.20. The summed E-state index contributed by atoms with van der Waals surface area (Å²) in [5.74, 6) is 0.0223. The number of piperazine rings is 1. The van der Waals surface area contributed by atoms with Gasteiger partial charge in [-0.3, -0.25) is 0 Å². The number of aryl methyl sites for hydroxylation is 1. The molecule has 1 saturated heterocycles. The van der Waals surface area contributed by atoms with E-state index in [2.05, 4.69) is 4.90 Å². The van der Waals surface area contributed by atoms with Gasteiger partial charge in [0.15, 0.2) is 0 Å². The largest absolute Gasteiger partial charge is 0.300 e. The number of nitrogens with zero attached hydrogens (tertiary/aromatic N) is 2. The van der Waals surface area contributed by atoms with Crippen LogP contribution in [-0.2, 0) is 22.9 Å². The fraction of sp³-hybridized carbons (Fsp3) is 0.429. The smallest absolute Gasteiger partial charge is 0.214 e. The molecule has 6 heteroatoms. The van der Waals surface area contributed by atoms with Crippen LogP contribution >= 0.6 is 0 Å². The Kier molecular flexibility index (Phi) is 6.99. The van der Waals surface area contributed by atoms with Gasteiger partial charge in [-0.15, -0.1) is 0 Å². The van der Waals surface area contributed by atoms with E-state index in [0.29, 0.717) is 44.6 Å². The standard InChI is InChI=1S/C21H27FN2O2S/c22-21-11-5-4-10-20(21)12-13-23-14-16-24(17-15-23)27(25,26)18-6-9-19-7-2-1-3-8-19/h1-5,7-8,10-11H,6,9,12-18H2. The van der Waals surface area contributed by atoms with Crippen LogP contribution < -0.4 is 0 Å². The lowest BCUT2D eigenvalue weighted by molar-refractivity contribution is 0.189. The Morgan fingerprint density at radius 1 is 0.852 bits per heavy atom. The van der Waals surface area contributed by atoms with Gasteiger partial charge in [0.1, 0.15) is 5.82 Å². The van der Waals surface area contributed by atoms with Gasteiger partial charge in [-0.05, 0) is 36.5 Å². The van der Waals surface area contributed by atoms with E-state index in [9.17, 15) is 12.8 Å². The summed E-state index contributed by atoms with van der Waals surface area (Å²) in [5.41, 5.74) is 1.89. The summed E-state index contributed by atoms with van der Waals surface area (Å²) in [6.07, 6.45) is 2.07. The van der Waals surface area contributed by atoms with Crippen molar-refractivity contribution < 1.29 is 12.8 Å². The Bertz CT molecular complexity index is 819. The van der Waals surface area contributed by atoms with Crippen molar-refractivity contribution in [2.45, 2.75) is 19.3 Å². The molecule has 0 unspecified atom stereocenters. The highest BCUT2D eigenvalue weighted by Gasteiger charge is 2.26. The molecule has 2 aromatic rings. The van der Waals surface area contributed by atoms with Crippen molar-refractivity contribution in [3.05, 3.63) is 71.5 Å². The number of benzene rings is 2. The molecule has 0 aromatic heterocycles. The van der Waals surface area contributed by atoms with Crippen molar-refractivity contribution in [2.24, 2.45) is 0 Å². The predicted octanol–water partition coefficient (Wildman–Crippen LogP) is 2.95. The Morgan fingerprint density at radius 2 is 1.52 bits per heavy atom. The number of hydrogen-bond acceptors (Lipinski definition) is 3. The predicted molar refractivity (Wildman–Crippen MR) is 107 cm³/mol. The van der Waals surface area contributed by atoms with Gasteiger partial charge in [0, 0.05) is 32.7 Å². The van der Waals surface area contributed by atoms with Gasteiger partial charge in [-0.2, -0.15) is 4.31 Å². The monoisotopic (exact) mass is 390 g/mol. The molecule has 0 N–H and O–H groups in total. The minimum absolute atomic E-state index is 0.169. The molecule has 0 spiro atoms. The Labute approximate surface area is 161 Å². The van der Waals surface area contributed by atoms with E-state index in [1.165, 1.54) is 11.6 Å². The summed E-state index contributed by atoms with van der Waals surface area (Å²) >= 11 is 0. The lowest BCUT2D eigenvalue weighted by atomic mass is 10.1. The number of halogens is 1. The van der Waals surface area contributed by atoms with Gasteiger partial charge in [0.05, 0.1) is 5.75 Å². The van der Waals surface area contributed by atoms with E-state index >= 15 is 0 Å². The van der Waals surface area contributed by atoms with Crippen molar-refractivity contribution >= 4 is 10.0 Å². The molecule has 0 amide bonds. The van der Waals surface area contributed by atoms with Crippen LogP contribution in [0.25, 0.3) is 0 Å². The minimum atomic E-state index is -3.20. The third kappa shape index (κ3) is 5.86. The second-order valence-electron chi connectivity index (χ2n) is 6.99. The molecule has 2 aromatic carbocycles. The fourth-order valence-electron chi connectivity index (χ4n) is 3.44. The molecule has 0 aliphatic carbocycles. The first-order chi connectivity index (χ1) is 13.0. The molecule has 27 heavy (non-hydrogen) atoms. The molecule has 1 aliphatic rings. The van der Waals surface area contributed by atoms with Crippen LogP contribution in [0.4, 0.5) is 4.39 Å². The topological polar surface area (TPSA) is 40.6 Å². The number of sulfonamides is 1. The highest BCUT2D eigenvalue weighted by Crippen LogP contribution is 2.13. The normalized spacial score (nSPS) is 16.5. The lowest BCUT2D eigenvalue weighted by Crippen LogP contribution is -2.49. The van der Waals surface area contributed by atoms with Crippen LogP contribution in [0.5, 0.6) is 0 Å². The first-order valence-electron chi connectivity index (χ1n) is 9.52. The van der Waals surface area contributed by atoms with Crippen molar-refractivity contribution in [3.63, 3.8) is 0 Å². The van der Waals surface area contributed by atoms with Crippen LogP contribution in [-0.4, -0.2) is 56.1 Å². The van der Waals surface area contributed by atoms with Crippen LogP contribution in [0.1, 0.15) is 17.5 Å². The van der Waals surface area contributed by atoms with E-state index < -0.39 is 10.0 Å². The summed E-state index contributed by atoms with van der Waals surface area (Å²) in [6.45, 7) is 3.19. The van der Waals surface area contributed by atoms with Crippen LogP contribution in [0.2, 0.25) is 0 Å². The zero-order valence-electron chi connectivity index (χ0n) is 15.6. The SMILES string of the molecule is O=S(=O)(CCCc1ccccc1)N1CCN(CCc2ccccc2F)CC1. The Balaban J connectivity index is 1.41. The molecule has 0 saturated carbocycles. The lowest BCUT2D eigenvalue weighted by Gasteiger charge is -2.34. The molecule has 3 rings (SSSR count). The summed E-state index contributed by atoms with van der Waals surface area (Å²) in [4.78, 5) is 2.21. The van der Waals surface area contributed by atoms with Gasteiger partial charge in [0.2, 0.25) is 10.0 Å². The maximum atomic E-state index is 13.7. The average Bonchev–Trinajstić information content (AvgIpc) is 2.68. The summed E-state index contributed by atoms with van der Waals surface area (Å²) in [6, 6.07) is 16.8. The van der Waals surface area contributed by atoms with Crippen LogP contribution in [0, 0.1) is 5.82 Å². The second kappa shape index (κ2) is 9.44. The van der Waals surface area contributed by atoms with Crippen molar-refractivity contribution in [2.75, 3.05) is 38.5 Å². The molecular formula is C21H27FN2O2S. The maximum Gasteiger partial charge on any atom is 0.214 e. The molecule has 146 valence electrons. The number of rotatable bonds is 8. The van der Waals surface area contributed by atoms with Crippen molar-refractivity contribution in [1.29, 1.82) is 0 Å². The Hall–Kier alpha value is -1.76. The first-order valence-corrected chi connectivity index (χ1v) is 11.1. The molecule has 1 fully saturated rings. The first kappa shape index (κ1) is 20.0. The summed E-state index contributed by atoms with van der Waals surface area (Å²) < 4.78 is 40.4. The van der Waals surface area contributed by atoms with Crippen molar-refractivity contribution in [3.8, 4) is 0 Å². The van der Waals surface area contributed by atoms with E-state index in [0.717, 1.165) is 13.0 Å². The summed E-state index contributed by atoms with van der Waals surface area (Å²) in [5, 5.41) is 0. The van der Waals surface area contributed by atoms with Gasteiger partial charge in [0.25, 0.3) is 0 Å². The fourth-order valence-corrected chi connectivity index (χ4v) is 4.93. The van der Waals surface area contributed by atoms with E-state index in [1.807, 2.05) is 42.5 Å². The molecule has 1 heterocycles. The van der Waals surface area contributed by atoms with Crippen LogP contribution in [0.15, 0.2) is 54.6 Å². The van der Waals surface area contributed by atoms with Gasteiger partial charge >= 0.3 is 0 Å². The highest BCUT2D eigenvalue weighted by atomic mass is 32.2. The number of hydrogen-bond donors (Lipinski definition) is 0. The van der Waals surface area contributed by atoms with Crippen LogP contribution in [0.3, 0.4) is 0 Å². The van der Waals surface area contributed by atoms with Gasteiger partial charge in [-0.25, -0.2) is 12.8 Å². The van der Waals surface area contributed by atoms with E-state index in [-0.39, 0.29) is 11.6 Å². The van der Waals surface area contributed by atoms with E-state index in [4.69, 9.17) is 0 Å². The highest BCUT2D eigenvalue weighted by molar-refractivity contribution is 7.89. The zero-order valence-corrected chi connectivity index (χ0v) is 16.4. The molecule has 0 radical (unpaired) electrons. The minimum Gasteiger partial charge on any atom is -0.300 e. The molecule has 1 aliphatic heterocycles. The third-order valence-electron chi connectivity index (χ3n) is 5.09. The third-order valence-corrected chi connectivity index (χ3v) is 7.05. The molecule has 4 nitrogen and oxygen atoms in total. The molecular weight excluding hydrogens is 363 g/mol. The maximum absolute atomic E-state index is 13.7. The Morgan fingerprint density at radius 3 is 2.22 bits per heavy atom. The quantitative estimate of drug-likeness (QED) is 0.696. The molecule has 0 atom stereocenters. The van der Waals surface area contributed by atoms with Gasteiger partial charge < -0.3 is 4.90 Å². The zero-order chi connectivity index (χ0) is 19.1. The van der Waals surface area contributed by atoms with E-state index in [1.54, 1.807) is 10.4 Å².